The van der Waals surface area contributed by atoms with Gasteiger partial charge in [-0.2, -0.15) is 0 Å². The number of alkyl halides is 1. The molecule has 4 heteroatoms. The molecule has 0 aromatic rings. The predicted molar refractivity (Wildman–Crippen MR) is 56.6 cm³/mol. The second kappa shape index (κ2) is 5.91. The highest BCUT2D eigenvalue weighted by molar-refractivity contribution is 6.18. The Morgan fingerprint density at radius 2 is 2.07 bits per heavy atom. The van der Waals surface area contributed by atoms with Gasteiger partial charge in [-0.15, -0.1) is 11.6 Å². The third kappa shape index (κ3) is 7.92. The molecule has 0 fully saturated rings. The molecule has 82 valence electrons. The molecule has 0 aliphatic heterocycles. The van der Waals surface area contributed by atoms with Crippen molar-refractivity contribution in [3.8, 4) is 0 Å². The van der Waals surface area contributed by atoms with Gasteiger partial charge in [0.1, 0.15) is 11.7 Å². The molecular formula is C10H17ClO3. The van der Waals surface area contributed by atoms with Crippen molar-refractivity contribution in [2.45, 2.75) is 39.4 Å². The van der Waals surface area contributed by atoms with E-state index in [1.807, 2.05) is 0 Å². The van der Waals surface area contributed by atoms with Crippen LogP contribution in [-0.4, -0.2) is 23.7 Å². The van der Waals surface area contributed by atoms with Crippen LogP contribution in [0.15, 0.2) is 12.2 Å². The fourth-order valence-electron chi connectivity index (χ4n) is 0.708. The Balaban J connectivity index is 3.89. The van der Waals surface area contributed by atoms with Crippen LogP contribution in [0, 0.1) is 0 Å². The molecule has 3 nitrogen and oxygen atoms in total. The minimum Gasteiger partial charge on any atom is -0.429 e. The maximum absolute atomic E-state index is 11.1. The second-order valence-corrected chi connectivity index (χ2v) is 4.18. The first-order chi connectivity index (χ1) is 6.35. The zero-order valence-electron chi connectivity index (χ0n) is 9.04. The van der Waals surface area contributed by atoms with Gasteiger partial charge in [0.25, 0.3) is 0 Å². The monoisotopic (exact) mass is 220 g/mol. The molecule has 0 aliphatic rings. The predicted octanol–water partition coefficient (Wildman–Crippen LogP) is 3.12. The van der Waals surface area contributed by atoms with Gasteiger partial charge >= 0.3 is 6.16 Å². The first kappa shape index (κ1) is 13.3. The van der Waals surface area contributed by atoms with Gasteiger partial charge in [0.2, 0.25) is 0 Å². The van der Waals surface area contributed by atoms with Crippen LogP contribution < -0.4 is 0 Å². The lowest BCUT2D eigenvalue weighted by Gasteiger charge is -2.19. The standard InChI is InChI=1S/C10H17ClO3/c1-8(6-5-7-11)13-9(12)14-10(2,3)4/h5-6,8H,7H2,1-4H3/b6-5+/t8-/m0/s1. The van der Waals surface area contributed by atoms with Crippen LogP contribution in [0.25, 0.3) is 0 Å². The first-order valence-corrected chi connectivity index (χ1v) is 5.01. The average Bonchev–Trinajstić information content (AvgIpc) is 1.96. The fourth-order valence-corrected chi connectivity index (χ4v) is 0.811. The summed E-state index contributed by atoms with van der Waals surface area (Å²) in [5, 5.41) is 0. The number of carbonyl (C=O) groups excluding carboxylic acids is 1. The fraction of sp³-hybridized carbons (Fsp3) is 0.700. The topological polar surface area (TPSA) is 35.5 Å². The number of carbonyl (C=O) groups is 1. The molecule has 0 aromatic heterocycles. The lowest BCUT2D eigenvalue weighted by molar-refractivity contribution is -0.0154. The van der Waals surface area contributed by atoms with E-state index in [-0.39, 0.29) is 6.10 Å². The summed E-state index contributed by atoms with van der Waals surface area (Å²) >= 11 is 5.43. The van der Waals surface area contributed by atoms with Gasteiger partial charge in [-0.05, 0) is 33.8 Å². The molecule has 0 spiro atoms. The van der Waals surface area contributed by atoms with Gasteiger partial charge in [-0.25, -0.2) is 4.79 Å². The lowest BCUT2D eigenvalue weighted by Crippen LogP contribution is -2.26. The molecule has 0 saturated heterocycles. The Hall–Kier alpha value is -0.700. The van der Waals surface area contributed by atoms with Gasteiger partial charge in [0.05, 0.1) is 0 Å². The maximum atomic E-state index is 11.1. The van der Waals surface area contributed by atoms with Gasteiger partial charge in [-0.3, -0.25) is 0 Å². The zero-order valence-corrected chi connectivity index (χ0v) is 9.80. The molecule has 0 heterocycles. The summed E-state index contributed by atoms with van der Waals surface area (Å²) in [5.41, 5.74) is -0.521. The van der Waals surface area contributed by atoms with Crippen molar-refractivity contribution in [2.75, 3.05) is 5.88 Å². The Morgan fingerprint density at radius 3 is 2.50 bits per heavy atom. The van der Waals surface area contributed by atoms with E-state index >= 15 is 0 Å². The highest BCUT2D eigenvalue weighted by Crippen LogP contribution is 2.09. The van der Waals surface area contributed by atoms with Crippen molar-refractivity contribution in [1.29, 1.82) is 0 Å². The van der Waals surface area contributed by atoms with E-state index in [2.05, 4.69) is 0 Å². The van der Waals surface area contributed by atoms with Crippen molar-refractivity contribution < 1.29 is 14.3 Å². The van der Waals surface area contributed by atoms with Crippen LogP contribution in [-0.2, 0) is 9.47 Å². The van der Waals surface area contributed by atoms with Crippen molar-refractivity contribution >= 4 is 17.8 Å². The third-order valence-electron chi connectivity index (χ3n) is 1.17. The molecule has 0 N–H and O–H groups in total. The van der Waals surface area contributed by atoms with Crippen LogP contribution in [0.2, 0.25) is 0 Å². The average molecular weight is 221 g/mol. The van der Waals surface area contributed by atoms with E-state index in [4.69, 9.17) is 21.1 Å². The molecule has 0 aliphatic carbocycles. The van der Waals surface area contributed by atoms with E-state index in [1.54, 1.807) is 39.8 Å². The molecule has 0 aromatic carbocycles. The van der Waals surface area contributed by atoms with E-state index in [0.29, 0.717) is 5.88 Å². The van der Waals surface area contributed by atoms with E-state index < -0.39 is 11.8 Å². The number of ether oxygens (including phenoxy) is 2. The summed E-state index contributed by atoms with van der Waals surface area (Å²) in [7, 11) is 0. The van der Waals surface area contributed by atoms with Gasteiger partial charge in [-0.1, -0.05) is 6.08 Å². The SMILES string of the molecule is C[C@@H](/C=C/CCl)OC(=O)OC(C)(C)C. The molecule has 0 amide bonds. The van der Waals surface area contributed by atoms with Crippen molar-refractivity contribution in [3.63, 3.8) is 0 Å². The van der Waals surface area contributed by atoms with E-state index in [1.165, 1.54) is 0 Å². The minimum atomic E-state index is -0.663. The Kier molecular flexibility index (Phi) is 5.62. The number of hydrogen-bond donors (Lipinski definition) is 0. The molecular weight excluding hydrogens is 204 g/mol. The van der Waals surface area contributed by atoms with Crippen molar-refractivity contribution in [2.24, 2.45) is 0 Å². The summed E-state index contributed by atoms with van der Waals surface area (Å²) < 4.78 is 9.88. The summed E-state index contributed by atoms with van der Waals surface area (Å²) in [5.74, 6) is 0.405. The summed E-state index contributed by atoms with van der Waals surface area (Å²) in [6.07, 6.45) is 2.45. The number of allylic oxidation sites excluding steroid dienone is 1. The Bertz CT molecular complexity index is 206. The highest BCUT2D eigenvalue weighted by Gasteiger charge is 2.18. The van der Waals surface area contributed by atoms with E-state index in [0.717, 1.165) is 0 Å². The van der Waals surface area contributed by atoms with Crippen LogP contribution >= 0.6 is 11.6 Å². The molecule has 0 bridgehead atoms. The molecule has 0 rings (SSSR count). The van der Waals surface area contributed by atoms with Crippen LogP contribution in [0.4, 0.5) is 4.79 Å². The summed E-state index contributed by atoms with van der Waals surface area (Å²) in [6.45, 7) is 7.10. The third-order valence-corrected chi connectivity index (χ3v) is 1.35. The number of rotatable bonds is 3. The molecule has 1 atom stereocenters. The highest BCUT2D eigenvalue weighted by atomic mass is 35.5. The Labute approximate surface area is 90.0 Å². The van der Waals surface area contributed by atoms with E-state index in [9.17, 15) is 4.79 Å². The largest absolute Gasteiger partial charge is 0.509 e. The maximum Gasteiger partial charge on any atom is 0.509 e. The second-order valence-electron chi connectivity index (χ2n) is 3.87. The van der Waals surface area contributed by atoms with Gasteiger partial charge in [0, 0.05) is 5.88 Å². The van der Waals surface area contributed by atoms with Crippen LogP contribution in [0.3, 0.4) is 0 Å². The van der Waals surface area contributed by atoms with Crippen molar-refractivity contribution in [3.05, 3.63) is 12.2 Å². The number of hydrogen-bond acceptors (Lipinski definition) is 3. The zero-order chi connectivity index (χ0) is 11.2. The van der Waals surface area contributed by atoms with Crippen LogP contribution in [0.1, 0.15) is 27.7 Å². The lowest BCUT2D eigenvalue weighted by atomic mass is 10.2. The minimum absolute atomic E-state index is 0.316. The summed E-state index contributed by atoms with van der Waals surface area (Å²) in [6, 6.07) is 0. The first-order valence-electron chi connectivity index (χ1n) is 4.47. The normalized spacial score (nSPS) is 14.1. The van der Waals surface area contributed by atoms with Crippen molar-refractivity contribution in [1.82, 2.24) is 0 Å². The van der Waals surface area contributed by atoms with Gasteiger partial charge in [0.15, 0.2) is 0 Å². The molecule has 0 radical (unpaired) electrons. The summed E-state index contributed by atoms with van der Waals surface area (Å²) in [4.78, 5) is 11.1. The Morgan fingerprint density at radius 1 is 1.50 bits per heavy atom. The molecule has 0 unspecified atom stereocenters. The van der Waals surface area contributed by atoms with Crippen LogP contribution in [0.5, 0.6) is 0 Å². The quantitative estimate of drug-likeness (QED) is 0.417. The molecule has 0 saturated carbocycles. The van der Waals surface area contributed by atoms with Gasteiger partial charge < -0.3 is 9.47 Å². The smallest absolute Gasteiger partial charge is 0.429 e. The molecule has 14 heavy (non-hydrogen) atoms. The number of halogens is 1.